The SMILES string of the molecule is O=C(C/C(=N\O)C(=O)NC1=C(Cl)C(=O)c2ccccc2C1=O)CC(c1ccccc1)c1c(O)c2ccccc2oc1=O. The van der Waals surface area contributed by atoms with Crippen LogP contribution in [0.3, 0.4) is 0 Å². The molecule has 0 radical (unpaired) electrons. The molecule has 0 saturated carbocycles. The lowest BCUT2D eigenvalue weighted by atomic mass is 9.86. The number of aromatic hydroxyl groups is 1. The Morgan fingerprint density at radius 1 is 0.881 bits per heavy atom. The number of nitrogens with one attached hydrogen (secondary N) is 1. The first-order chi connectivity index (χ1) is 20.2. The molecule has 210 valence electrons. The molecule has 1 atom stereocenters. The van der Waals surface area contributed by atoms with Gasteiger partial charge in [0, 0.05) is 23.5 Å². The van der Waals surface area contributed by atoms with Crippen LogP contribution in [0.1, 0.15) is 50.6 Å². The van der Waals surface area contributed by atoms with Crippen LogP contribution >= 0.6 is 11.6 Å². The van der Waals surface area contributed by atoms with Crippen molar-refractivity contribution < 1.29 is 33.9 Å². The molecular weight excluding hydrogens is 564 g/mol. The molecule has 42 heavy (non-hydrogen) atoms. The van der Waals surface area contributed by atoms with Crippen molar-refractivity contribution in [3.05, 3.63) is 122 Å². The van der Waals surface area contributed by atoms with Gasteiger partial charge in [0.25, 0.3) is 5.91 Å². The van der Waals surface area contributed by atoms with E-state index in [0.29, 0.717) is 5.56 Å². The smallest absolute Gasteiger partial charge is 0.343 e. The van der Waals surface area contributed by atoms with Crippen molar-refractivity contribution in [2.75, 3.05) is 0 Å². The summed E-state index contributed by atoms with van der Waals surface area (Å²) < 4.78 is 5.40. The molecule has 1 heterocycles. The molecular formula is C31H21ClN2O8. The second-order valence-electron chi connectivity index (χ2n) is 9.42. The molecule has 1 aromatic heterocycles. The number of hydrogen-bond donors (Lipinski definition) is 3. The third-order valence-electron chi connectivity index (χ3n) is 6.85. The number of hydrogen-bond acceptors (Lipinski definition) is 9. The molecule has 1 aliphatic rings. The van der Waals surface area contributed by atoms with E-state index in [1.54, 1.807) is 60.7 Å². The minimum absolute atomic E-state index is 0.0282. The number of benzene rings is 3. The minimum atomic E-state index is -1.14. The van der Waals surface area contributed by atoms with E-state index in [4.69, 9.17) is 16.0 Å². The van der Waals surface area contributed by atoms with Crippen LogP contribution in [0, 0.1) is 0 Å². The Balaban J connectivity index is 1.40. The van der Waals surface area contributed by atoms with Gasteiger partial charge in [0.1, 0.15) is 27.8 Å². The van der Waals surface area contributed by atoms with E-state index in [1.807, 2.05) is 0 Å². The topological polar surface area (TPSA) is 163 Å². The van der Waals surface area contributed by atoms with Gasteiger partial charge in [0.15, 0.2) is 5.71 Å². The highest BCUT2D eigenvalue weighted by Crippen LogP contribution is 2.36. The standard InChI is InChI=1S/C31H21ClN2O8/c32-25-26(29(38)19-11-5-4-10-18(19)28(25)37)33-30(39)22(34-41)15-17(35)14-21(16-8-2-1-3-9-16)24-27(36)20-12-6-7-13-23(20)42-31(24)40/h1-13,21,36,41H,14-15H2,(H,33,39)/b34-22+. The quantitative estimate of drug-likeness (QED) is 0.118. The number of Topliss-reactive ketones (excluding diaryl/α,β-unsaturated/α-hetero) is 3. The molecule has 0 spiro atoms. The fourth-order valence-corrected chi connectivity index (χ4v) is 5.05. The van der Waals surface area contributed by atoms with Gasteiger partial charge in [0.2, 0.25) is 11.6 Å². The van der Waals surface area contributed by atoms with Gasteiger partial charge in [-0.05, 0) is 17.7 Å². The van der Waals surface area contributed by atoms with Gasteiger partial charge in [-0.1, -0.05) is 83.5 Å². The Labute approximate surface area is 242 Å². The zero-order valence-corrected chi connectivity index (χ0v) is 22.4. The number of carbonyl (C=O) groups excluding carboxylic acids is 4. The predicted octanol–water partition coefficient (Wildman–Crippen LogP) is 4.46. The van der Waals surface area contributed by atoms with E-state index in [1.165, 1.54) is 18.2 Å². The van der Waals surface area contributed by atoms with Crippen LogP contribution in [-0.2, 0) is 9.59 Å². The zero-order chi connectivity index (χ0) is 30.0. The summed E-state index contributed by atoms with van der Waals surface area (Å²) in [6, 6.07) is 20.8. The highest BCUT2D eigenvalue weighted by molar-refractivity contribution is 6.51. The summed E-state index contributed by atoms with van der Waals surface area (Å²) in [7, 11) is 0. The number of amides is 1. The number of ketones is 3. The summed E-state index contributed by atoms with van der Waals surface area (Å²) in [6.45, 7) is 0. The van der Waals surface area contributed by atoms with Crippen LogP contribution in [0.2, 0.25) is 0 Å². The summed E-state index contributed by atoms with van der Waals surface area (Å²) in [5.41, 5.74) is -1.40. The lowest BCUT2D eigenvalue weighted by Crippen LogP contribution is -2.37. The fourth-order valence-electron chi connectivity index (χ4n) is 4.82. The number of para-hydroxylation sites is 1. The number of nitrogens with zero attached hydrogens (tertiary/aromatic N) is 1. The molecule has 3 aromatic carbocycles. The number of allylic oxidation sites excluding steroid dienone is 2. The summed E-state index contributed by atoms with van der Waals surface area (Å²) in [4.78, 5) is 64.7. The van der Waals surface area contributed by atoms with E-state index < -0.39 is 57.7 Å². The summed E-state index contributed by atoms with van der Waals surface area (Å²) >= 11 is 6.09. The molecule has 1 amide bonds. The summed E-state index contributed by atoms with van der Waals surface area (Å²) in [5, 5.41) is 25.5. The van der Waals surface area contributed by atoms with E-state index in [-0.39, 0.29) is 39.8 Å². The second kappa shape index (κ2) is 11.6. The van der Waals surface area contributed by atoms with Crippen molar-refractivity contribution >= 4 is 51.5 Å². The van der Waals surface area contributed by atoms with E-state index in [0.717, 1.165) is 0 Å². The highest BCUT2D eigenvalue weighted by atomic mass is 35.5. The molecule has 5 rings (SSSR count). The second-order valence-corrected chi connectivity index (χ2v) is 9.80. The Hall–Kier alpha value is -5.35. The number of halogens is 1. The van der Waals surface area contributed by atoms with E-state index in [9.17, 15) is 34.3 Å². The molecule has 3 N–H and O–H groups in total. The first-order valence-corrected chi connectivity index (χ1v) is 13.0. The molecule has 11 heteroatoms. The number of fused-ring (bicyclic) bond motifs is 2. The average molecular weight is 585 g/mol. The molecule has 0 bridgehead atoms. The molecule has 0 fully saturated rings. The molecule has 0 saturated heterocycles. The van der Waals surface area contributed by atoms with Crippen LogP contribution < -0.4 is 10.9 Å². The maximum absolute atomic E-state index is 13.3. The fraction of sp³-hybridized carbons (Fsp3) is 0.0968. The highest BCUT2D eigenvalue weighted by Gasteiger charge is 2.34. The van der Waals surface area contributed by atoms with Gasteiger partial charge in [-0.25, -0.2) is 4.79 Å². The van der Waals surface area contributed by atoms with Crippen LogP contribution in [0.15, 0.2) is 104 Å². The number of oxime groups is 1. The Bertz CT molecular complexity index is 1890. The van der Waals surface area contributed by atoms with Crippen LogP contribution in [-0.4, -0.2) is 39.3 Å². The summed E-state index contributed by atoms with van der Waals surface area (Å²) in [6.07, 6.45) is -1.10. The zero-order valence-electron chi connectivity index (χ0n) is 21.7. The maximum Gasteiger partial charge on any atom is 0.343 e. The Morgan fingerprint density at radius 2 is 1.50 bits per heavy atom. The monoisotopic (exact) mass is 584 g/mol. The van der Waals surface area contributed by atoms with Crippen molar-refractivity contribution in [2.24, 2.45) is 5.16 Å². The van der Waals surface area contributed by atoms with Gasteiger partial charge < -0.3 is 20.0 Å². The first-order valence-electron chi connectivity index (χ1n) is 12.6. The Morgan fingerprint density at radius 3 is 2.19 bits per heavy atom. The molecule has 0 aliphatic heterocycles. The van der Waals surface area contributed by atoms with Gasteiger partial charge in [-0.3, -0.25) is 19.2 Å². The number of rotatable bonds is 8. The molecule has 1 unspecified atom stereocenters. The number of carbonyl (C=O) groups is 4. The predicted molar refractivity (Wildman–Crippen MR) is 152 cm³/mol. The third-order valence-corrected chi connectivity index (χ3v) is 7.21. The van der Waals surface area contributed by atoms with Gasteiger partial charge in [0.05, 0.1) is 17.4 Å². The van der Waals surface area contributed by atoms with Gasteiger partial charge in [-0.15, -0.1) is 0 Å². The van der Waals surface area contributed by atoms with E-state index >= 15 is 0 Å². The van der Waals surface area contributed by atoms with Crippen LogP contribution in [0.5, 0.6) is 5.75 Å². The third kappa shape index (κ3) is 5.23. The summed E-state index contributed by atoms with van der Waals surface area (Å²) in [5.74, 6) is -4.51. The molecule has 1 aliphatic carbocycles. The van der Waals surface area contributed by atoms with E-state index in [2.05, 4.69) is 10.5 Å². The lowest BCUT2D eigenvalue weighted by Gasteiger charge is -2.19. The van der Waals surface area contributed by atoms with Crippen LogP contribution in [0.25, 0.3) is 11.0 Å². The maximum atomic E-state index is 13.3. The molecule has 10 nitrogen and oxygen atoms in total. The van der Waals surface area contributed by atoms with Crippen molar-refractivity contribution in [2.45, 2.75) is 18.8 Å². The normalized spacial score (nSPS) is 14.1. The molecule has 4 aromatic rings. The van der Waals surface area contributed by atoms with Crippen LogP contribution in [0.4, 0.5) is 0 Å². The average Bonchev–Trinajstić information content (AvgIpc) is 3.00. The van der Waals surface area contributed by atoms with Crippen molar-refractivity contribution in [1.82, 2.24) is 5.32 Å². The van der Waals surface area contributed by atoms with Crippen molar-refractivity contribution in [1.29, 1.82) is 0 Å². The van der Waals surface area contributed by atoms with Gasteiger partial charge >= 0.3 is 5.63 Å². The minimum Gasteiger partial charge on any atom is -0.507 e. The first kappa shape index (κ1) is 28.2. The largest absolute Gasteiger partial charge is 0.507 e. The Kier molecular flexibility index (Phi) is 7.81. The van der Waals surface area contributed by atoms with Crippen molar-refractivity contribution in [3.8, 4) is 5.75 Å². The van der Waals surface area contributed by atoms with Gasteiger partial charge in [-0.2, -0.15) is 0 Å². The lowest BCUT2D eigenvalue weighted by molar-refractivity contribution is -0.119. The van der Waals surface area contributed by atoms with Crippen molar-refractivity contribution in [3.63, 3.8) is 0 Å².